The maximum Gasteiger partial charge on any atom is 0.412 e. The number of nitrogens with one attached hydrogen (secondary N) is 1. The van der Waals surface area contributed by atoms with Crippen LogP contribution < -0.4 is 14.8 Å². The van der Waals surface area contributed by atoms with Crippen LogP contribution in [0, 0.1) is 0 Å². The van der Waals surface area contributed by atoms with Crippen molar-refractivity contribution in [1.82, 2.24) is 4.90 Å². The first-order chi connectivity index (χ1) is 16.2. The minimum atomic E-state index is -1.06. The van der Waals surface area contributed by atoms with E-state index in [4.69, 9.17) is 19.3 Å². The molecule has 5 rings (SSSR count). The lowest BCUT2D eigenvalue weighted by atomic mass is 9.62. The molecule has 2 aromatic rings. The third-order valence-corrected chi connectivity index (χ3v) is 7.27. The number of ether oxygens (including phenoxy) is 3. The Morgan fingerprint density at radius 3 is 2.85 bits per heavy atom. The van der Waals surface area contributed by atoms with Crippen LogP contribution in [0.5, 0.6) is 11.5 Å². The number of nitrogens with zero attached hydrogens (tertiary/aromatic N) is 1. The standard InChI is InChI=1S/C26H28N2O6/c1-25-14-19(33-24(31)27-18-6-4-5-16(13-18)23(29)30)9-10-26(25)11-12-28(2)15-17-7-8-20(32-3)22(34-25)21(17)26/h4-10,13,19H,11-12,14-15H2,1-3H3,(H,27,31)(H,29,30)/t19-,25-,26+/m0/s1. The van der Waals surface area contributed by atoms with Crippen molar-refractivity contribution in [1.29, 1.82) is 0 Å². The first-order valence-electron chi connectivity index (χ1n) is 11.3. The number of anilines is 1. The average Bonchev–Trinajstić information content (AvgIpc) is 2.96. The summed E-state index contributed by atoms with van der Waals surface area (Å²) in [4.78, 5) is 26.1. The number of carbonyl (C=O) groups is 2. The lowest BCUT2D eigenvalue weighted by Crippen LogP contribution is -2.53. The van der Waals surface area contributed by atoms with Crippen molar-refractivity contribution >= 4 is 17.7 Å². The highest BCUT2D eigenvalue weighted by Gasteiger charge is 2.60. The van der Waals surface area contributed by atoms with Crippen LogP contribution >= 0.6 is 0 Å². The van der Waals surface area contributed by atoms with Crippen LogP contribution in [-0.4, -0.2) is 54.5 Å². The molecule has 2 heterocycles. The van der Waals surface area contributed by atoms with Gasteiger partial charge in [-0.3, -0.25) is 5.32 Å². The third-order valence-electron chi connectivity index (χ3n) is 7.27. The predicted octanol–water partition coefficient (Wildman–Crippen LogP) is 4.20. The fraction of sp³-hybridized carbons (Fsp3) is 0.385. The monoisotopic (exact) mass is 464 g/mol. The van der Waals surface area contributed by atoms with Crippen LogP contribution in [0.25, 0.3) is 0 Å². The number of hydrogen-bond acceptors (Lipinski definition) is 6. The van der Waals surface area contributed by atoms with E-state index >= 15 is 0 Å². The molecule has 8 nitrogen and oxygen atoms in total. The van der Waals surface area contributed by atoms with E-state index in [2.05, 4.69) is 36.3 Å². The SMILES string of the molecule is COc1ccc2c3c1O[C@@]1(C)C[C@@H](OC(=O)Nc4cccc(C(=O)O)c4)C=C[C@@]31CCN(C)C2. The highest BCUT2D eigenvalue weighted by atomic mass is 16.6. The Bertz CT molecular complexity index is 1190. The zero-order valence-corrected chi connectivity index (χ0v) is 19.5. The Hall–Kier alpha value is -3.52. The van der Waals surface area contributed by atoms with Gasteiger partial charge in [-0.2, -0.15) is 0 Å². The molecule has 1 aliphatic carbocycles. The first kappa shape index (κ1) is 22.3. The van der Waals surface area contributed by atoms with E-state index in [1.165, 1.54) is 23.3 Å². The van der Waals surface area contributed by atoms with E-state index in [-0.39, 0.29) is 11.0 Å². The second kappa shape index (κ2) is 8.06. The molecular weight excluding hydrogens is 436 g/mol. The summed E-state index contributed by atoms with van der Waals surface area (Å²) in [6, 6.07) is 10.1. The fourth-order valence-electron chi connectivity index (χ4n) is 5.58. The van der Waals surface area contributed by atoms with Crippen molar-refractivity contribution in [3.8, 4) is 11.5 Å². The molecule has 0 saturated carbocycles. The van der Waals surface area contributed by atoms with Crippen molar-refractivity contribution in [3.05, 3.63) is 65.2 Å². The van der Waals surface area contributed by atoms with Gasteiger partial charge in [0.2, 0.25) is 0 Å². The van der Waals surface area contributed by atoms with Gasteiger partial charge in [-0.25, -0.2) is 9.59 Å². The molecule has 1 spiro atoms. The molecule has 178 valence electrons. The predicted molar refractivity (Wildman–Crippen MR) is 126 cm³/mol. The Labute approximate surface area is 198 Å². The van der Waals surface area contributed by atoms with Crippen molar-refractivity contribution in [3.63, 3.8) is 0 Å². The summed E-state index contributed by atoms with van der Waals surface area (Å²) in [5.41, 5.74) is 1.88. The molecule has 0 unspecified atom stereocenters. The van der Waals surface area contributed by atoms with Crippen molar-refractivity contribution in [2.45, 2.75) is 43.4 Å². The summed E-state index contributed by atoms with van der Waals surface area (Å²) in [5, 5.41) is 11.8. The maximum atomic E-state index is 12.6. The highest BCUT2D eigenvalue weighted by Crippen LogP contribution is 2.60. The van der Waals surface area contributed by atoms with E-state index in [1.807, 2.05) is 12.1 Å². The van der Waals surface area contributed by atoms with Gasteiger partial charge in [-0.05, 0) is 62.8 Å². The minimum absolute atomic E-state index is 0.0880. The average molecular weight is 465 g/mol. The van der Waals surface area contributed by atoms with E-state index in [9.17, 15) is 9.59 Å². The molecule has 2 aliphatic heterocycles. The van der Waals surface area contributed by atoms with Crippen LogP contribution in [-0.2, 0) is 16.7 Å². The van der Waals surface area contributed by atoms with Gasteiger partial charge in [0.1, 0.15) is 11.7 Å². The van der Waals surface area contributed by atoms with Crippen molar-refractivity contribution in [2.75, 3.05) is 26.0 Å². The molecular formula is C26H28N2O6. The van der Waals surface area contributed by atoms with Crippen LogP contribution in [0.1, 0.15) is 41.3 Å². The number of rotatable bonds is 4. The highest BCUT2D eigenvalue weighted by molar-refractivity contribution is 5.91. The topological polar surface area (TPSA) is 97.3 Å². The van der Waals surface area contributed by atoms with Gasteiger partial charge in [-0.1, -0.05) is 18.2 Å². The smallest absolute Gasteiger partial charge is 0.412 e. The molecule has 0 radical (unpaired) electrons. The van der Waals surface area contributed by atoms with Crippen LogP contribution in [0.4, 0.5) is 10.5 Å². The van der Waals surface area contributed by atoms with Gasteiger partial charge in [-0.15, -0.1) is 0 Å². The Kier molecular flexibility index (Phi) is 5.28. The number of hydrogen-bond donors (Lipinski definition) is 2. The third kappa shape index (κ3) is 3.49. The largest absolute Gasteiger partial charge is 0.493 e. The molecule has 3 aliphatic rings. The molecule has 0 fully saturated rings. The number of amides is 1. The van der Waals surface area contributed by atoms with E-state index in [1.54, 1.807) is 19.2 Å². The Balaban J connectivity index is 1.41. The molecule has 8 heteroatoms. The summed E-state index contributed by atoms with van der Waals surface area (Å²) in [7, 11) is 3.77. The van der Waals surface area contributed by atoms with Gasteiger partial charge in [0.25, 0.3) is 0 Å². The molecule has 2 N–H and O–H groups in total. The summed E-state index contributed by atoms with van der Waals surface area (Å²) in [5.74, 6) is 0.422. The number of aromatic carboxylic acids is 1. The first-order valence-corrected chi connectivity index (χ1v) is 11.3. The molecule has 0 aromatic heterocycles. The van der Waals surface area contributed by atoms with E-state index in [0.717, 1.165) is 25.3 Å². The van der Waals surface area contributed by atoms with Crippen molar-refractivity contribution < 1.29 is 28.9 Å². The van der Waals surface area contributed by atoms with E-state index < -0.39 is 23.8 Å². The molecule has 34 heavy (non-hydrogen) atoms. The zero-order chi connectivity index (χ0) is 24.1. The zero-order valence-electron chi connectivity index (χ0n) is 19.5. The number of carbonyl (C=O) groups excluding carboxylic acids is 1. The second-order valence-electron chi connectivity index (χ2n) is 9.44. The summed E-state index contributed by atoms with van der Waals surface area (Å²) >= 11 is 0. The molecule has 0 saturated heterocycles. The second-order valence-corrected chi connectivity index (χ2v) is 9.44. The quantitative estimate of drug-likeness (QED) is 0.655. The Morgan fingerprint density at radius 2 is 2.09 bits per heavy atom. The number of carboxylic acids is 1. The van der Waals surface area contributed by atoms with Gasteiger partial charge in [0.05, 0.1) is 18.1 Å². The maximum absolute atomic E-state index is 12.6. The Morgan fingerprint density at radius 1 is 1.26 bits per heavy atom. The van der Waals surface area contributed by atoms with Gasteiger partial charge >= 0.3 is 12.1 Å². The fourth-order valence-corrected chi connectivity index (χ4v) is 5.58. The lowest BCUT2D eigenvalue weighted by Gasteiger charge is -2.44. The summed E-state index contributed by atoms with van der Waals surface area (Å²) in [6.07, 6.45) is 4.31. The summed E-state index contributed by atoms with van der Waals surface area (Å²) in [6.45, 7) is 3.82. The molecule has 2 aromatic carbocycles. The van der Waals surface area contributed by atoms with Crippen LogP contribution in [0.15, 0.2) is 48.6 Å². The summed E-state index contributed by atoms with van der Waals surface area (Å²) < 4.78 is 18.0. The number of carboxylic acid groups (broad SMARTS) is 1. The number of benzene rings is 2. The molecule has 3 atom stereocenters. The minimum Gasteiger partial charge on any atom is -0.493 e. The van der Waals surface area contributed by atoms with Gasteiger partial charge in [0.15, 0.2) is 11.5 Å². The van der Waals surface area contributed by atoms with Crippen LogP contribution in [0.2, 0.25) is 0 Å². The molecule has 0 bridgehead atoms. The van der Waals surface area contributed by atoms with Crippen molar-refractivity contribution in [2.24, 2.45) is 0 Å². The van der Waals surface area contributed by atoms with Crippen LogP contribution in [0.3, 0.4) is 0 Å². The lowest BCUT2D eigenvalue weighted by molar-refractivity contribution is -0.00488. The van der Waals surface area contributed by atoms with E-state index in [0.29, 0.717) is 17.9 Å². The van der Waals surface area contributed by atoms with Gasteiger partial charge in [0, 0.05) is 24.2 Å². The normalized spacial score (nSPS) is 27.1. The van der Waals surface area contributed by atoms with Gasteiger partial charge < -0.3 is 24.2 Å². The molecule has 1 amide bonds. The number of methoxy groups -OCH3 is 1.